The quantitative estimate of drug-likeness (QED) is 0.290. The zero-order chi connectivity index (χ0) is 24.3. The first kappa shape index (κ1) is 21.8. The second-order valence-corrected chi connectivity index (χ2v) is 8.54. The van der Waals surface area contributed by atoms with Crippen LogP contribution in [0.3, 0.4) is 0 Å². The van der Waals surface area contributed by atoms with Crippen LogP contribution in [-0.4, -0.2) is 22.1 Å². The van der Waals surface area contributed by atoms with E-state index in [0.29, 0.717) is 19.0 Å². The molecule has 6 heteroatoms. The molecule has 0 saturated heterocycles. The van der Waals surface area contributed by atoms with E-state index in [4.69, 9.17) is 19.4 Å². The van der Waals surface area contributed by atoms with E-state index in [1.807, 2.05) is 97.3 Å². The van der Waals surface area contributed by atoms with E-state index >= 15 is 0 Å². The Morgan fingerprint density at radius 1 is 0.889 bits per heavy atom. The Balaban J connectivity index is 1.41. The summed E-state index contributed by atoms with van der Waals surface area (Å²) in [7, 11) is 1.66. The lowest BCUT2D eigenvalue weighted by Gasteiger charge is -2.25. The third kappa shape index (κ3) is 4.36. The van der Waals surface area contributed by atoms with Crippen LogP contribution in [0.15, 0.2) is 97.3 Å². The average molecular weight is 473 g/mol. The minimum atomic E-state index is 0.460. The van der Waals surface area contributed by atoms with Crippen molar-refractivity contribution < 1.29 is 9.47 Å². The normalized spacial score (nSPS) is 12.4. The van der Waals surface area contributed by atoms with Crippen LogP contribution in [0.1, 0.15) is 16.8 Å². The standard InChI is InChI=1S/C30H24N4O2/c1-35-24-11-9-22(10-12-24)27-18-28-25(13-14-29(32-28)36-20-21-6-3-2-4-7-21)30(33-27)34-17-15-26-23(19-34)8-5-16-31-26/h2-18H,19-20H2,1H3. The number of benzene rings is 2. The van der Waals surface area contributed by atoms with Gasteiger partial charge >= 0.3 is 0 Å². The number of methoxy groups -OCH3 is 1. The van der Waals surface area contributed by atoms with Crippen molar-refractivity contribution in [2.24, 2.45) is 0 Å². The average Bonchev–Trinajstić information content (AvgIpc) is 2.95. The molecule has 0 spiro atoms. The van der Waals surface area contributed by atoms with Crippen LogP contribution in [0.25, 0.3) is 28.2 Å². The molecule has 1 aliphatic rings. The summed E-state index contributed by atoms with van der Waals surface area (Å²) in [5, 5.41) is 0.955. The largest absolute Gasteiger partial charge is 0.497 e. The van der Waals surface area contributed by atoms with E-state index in [1.54, 1.807) is 7.11 Å². The molecule has 0 unspecified atom stereocenters. The Labute approximate surface area is 209 Å². The molecule has 4 heterocycles. The smallest absolute Gasteiger partial charge is 0.214 e. The fraction of sp³-hybridized carbons (Fsp3) is 0.100. The van der Waals surface area contributed by atoms with Gasteiger partial charge in [0.15, 0.2) is 0 Å². The summed E-state index contributed by atoms with van der Waals surface area (Å²) in [6.07, 6.45) is 5.88. The van der Waals surface area contributed by atoms with Crippen LogP contribution in [0.2, 0.25) is 0 Å². The molecule has 0 amide bonds. The zero-order valence-electron chi connectivity index (χ0n) is 19.8. The third-order valence-corrected chi connectivity index (χ3v) is 6.21. The second kappa shape index (κ2) is 9.50. The molecule has 0 saturated carbocycles. The first-order valence-electron chi connectivity index (χ1n) is 11.8. The van der Waals surface area contributed by atoms with Crippen LogP contribution in [-0.2, 0) is 13.2 Å². The highest BCUT2D eigenvalue weighted by atomic mass is 16.5. The molecule has 0 atom stereocenters. The molecule has 6 nitrogen and oxygen atoms in total. The fourth-order valence-electron chi connectivity index (χ4n) is 4.31. The van der Waals surface area contributed by atoms with Gasteiger partial charge in [-0.3, -0.25) is 4.98 Å². The van der Waals surface area contributed by atoms with E-state index in [9.17, 15) is 0 Å². The van der Waals surface area contributed by atoms with Crippen LogP contribution >= 0.6 is 0 Å². The molecular weight excluding hydrogens is 448 g/mol. The number of hydrogen-bond acceptors (Lipinski definition) is 6. The molecule has 5 aromatic rings. The number of nitrogens with zero attached hydrogens (tertiary/aromatic N) is 4. The molecule has 0 bridgehead atoms. The molecule has 0 fully saturated rings. The Morgan fingerprint density at radius 3 is 2.58 bits per heavy atom. The number of hydrogen-bond donors (Lipinski definition) is 0. The van der Waals surface area contributed by atoms with Crippen LogP contribution < -0.4 is 14.4 Å². The van der Waals surface area contributed by atoms with E-state index in [-0.39, 0.29) is 0 Å². The minimum Gasteiger partial charge on any atom is -0.497 e. The highest BCUT2D eigenvalue weighted by Crippen LogP contribution is 2.33. The van der Waals surface area contributed by atoms with Crippen LogP contribution in [0.4, 0.5) is 5.82 Å². The Bertz CT molecular complexity index is 1550. The molecular formula is C30H24N4O2. The first-order chi connectivity index (χ1) is 17.8. The summed E-state index contributed by atoms with van der Waals surface area (Å²) in [4.78, 5) is 16.6. The first-order valence-corrected chi connectivity index (χ1v) is 11.8. The number of pyridine rings is 3. The molecule has 1 aliphatic heterocycles. The molecule has 176 valence electrons. The summed E-state index contributed by atoms with van der Waals surface area (Å²) in [6.45, 7) is 1.14. The monoisotopic (exact) mass is 472 g/mol. The fourth-order valence-corrected chi connectivity index (χ4v) is 4.31. The van der Waals surface area contributed by atoms with Gasteiger partial charge in [-0.05, 0) is 59.7 Å². The molecule has 3 aromatic heterocycles. The predicted octanol–water partition coefficient (Wildman–Crippen LogP) is 6.27. The summed E-state index contributed by atoms with van der Waals surface area (Å²) in [5.41, 5.74) is 5.87. The highest BCUT2D eigenvalue weighted by molar-refractivity contribution is 5.93. The van der Waals surface area contributed by atoms with Crippen molar-refractivity contribution in [3.8, 4) is 22.9 Å². The van der Waals surface area contributed by atoms with Gasteiger partial charge in [0.1, 0.15) is 18.2 Å². The van der Waals surface area contributed by atoms with Crippen molar-refractivity contribution in [1.82, 2.24) is 15.0 Å². The number of aromatic nitrogens is 3. The van der Waals surface area contributed by atoms with Gasteiger partial charge < -0.3 is 14.4 Å². The van der Waals surface area contributed by atoms with E-state index in [0.717, 1.165) is 50.5 Å². The zero-order valence-corrected chi connectivity index (χ0v) is 19.8. The highest BCUT2D eigenvalue weighted by Gasteiger charge is 2.19. The van der Waals surface area contributed by atoms with E-state index in [2.05, 4.69) is 16.0 Å². The number of rotatable bonds is 6. The van der Waals surface area contributed by atoms with Crippen LogP contribution in [0, 0.1) is 0 Å². The van der Waals surface area contributed by atoms with E-state index in [1.165, 1.54) is 0 Å². The summed E-state index contributed by atoms with van der Waals surface area (Å²) >= 11 is 0. The SMILES string of the molecule is COc1ccc(-c2cc3nc(OCc4ccccc4)ccc3c(N3C=Cc4ncccc4C3)n2)cc1. The van der Waals surface area contributed by atoms with E-state index < -0.39 is 0 Å². The number of ether oxygens (including phenoxy) is 2. The van der Waals surface area contributed by atoms with Crippen molar-refractivity contribution in [3.05, 3.63) is 114 Å². The number of fused-ring (bicyclic) bond motifs is 2. The lowest BCUT2D eigenvalue weighted by molar-refractivity contribution is 0.295. The summed E-state index contributed by atoms with van der Waals surface area (Å²) in [6, 6.07) is 28.0. The molecule has 36 heavy (non-hydrogen) atoms. The van der Waals surface area contributed by atoms with Gasteiger partial charge in [0.25, 0.3) is 0 Å². The topological polar surface area (TPSA) is 60.4 Å². The Hall–Kier alpha value is -4.71. The maximum atomic E-state index is 6.02. The molecule has 0 aliphatic carbocycles. The summed E-state index contributed by atoms with van der Waals surface area (Å²) in [5.74, 6) is 2.22. The summed E-state index contributed by atoms with van der Waals surface area (Å²) < 4.78 is 11.4. The maximum absolute atomic E-state index is 6.02. The minimum absolute atomic E-state index is 0.460. The van der Waals surface area contributed by atoms with Crippen molar-refractivity contribution in [2.75, 3.05) is 12.0 Å². The molecule has 0 radical (unpaired) electrons. The van der Waals surface area contributed by atoms with Gasteiger partial charge in [0.2, 0.25) is 5.88 Å². The van der Waals surface area contributed by atoms with Crippen molar-refractivity contribution in [3.63, 3.8) is 0 Å². The van der Waals surface area contributed by atoms with Crippen molar-refractivity contribution >= 4 is 22.8 Å². The number of anilines is 1. The van der Waals surface area contributed by atoms with Gasteiger partial charge in [-0.2, -0.15) is 0 Å². The van der Waals surface area contributed by atoms with Gasteiger partial charge in [0, 0.05) is 29.4 Å². The van der Waals surface area contributed by atoms with Crippen molar-refractivity contribution in [2.45, 2.75) is 13.2 Å². The molecule has 6 rings (SSSR count). The van der Waals surface area contributed by atoms with Crippen LogP contribution in [0.5, 0.6) is 11.6 Å². The lowest BCUT2D eigenvalue weighted by atomic mass is 10.1. The predicted molar refractivity (Wildman–Crippen MR) is 142 cm³/mol. The van der Waals surface area contributed by atoms with Gasteiger partial charge in [-0.25, -0.2) is 9.97 Å². The maximum Gasteiger partial charge on any atom is 0.214 e. The third-order valence-electron chi connectivity index (χ3n) is 6.21. The van der Waals surface area contributed by atoms with Crippen molar-refractivity contribution in [1.29, 1.82) is 0 Å². The molecule has 2 aromatic carbocycles. The lowest BCUT2D eigenvalue weighted by Crippen LogP contribution is -2.21. The molecule has 0 N–H and O–H groups in total. The second-order valence-electron chi connectivity index (χ2n) is 8.54. The van der Waals surface area contributed by atoms with Gasteiger partial charge in [-0.1, -0.05) is 36.4 Å². The van der Waals surface area contributed by atoms with Gasteiger partial charge in [-0.15, -0.1) is 0 Å². The van der Waals surface area contributed by atoms with Gasteiger partial charge in [0.05, 0.1) is 30.6 Å². The Morgan fingerprint density at radius 2 is 1.75 bits per heavy atom. The Kier molecular flexibility index (Phi) is 5.75.